The zero-order valence-electron chi connectivity index (χ0n) is 17.0. The van der Waals surface area contributed by atoms with Crippen molar-refractivity contribution < 1.29 is 23.9 Å². The van der Waals surface area contributed by atoms with E-state index in [9.17, 15) is 14.4 Å². The van der Waals surface area contributed by atoms with Crippen LogP contribution in [0.2, 0.25) is 0 Å². The molecule has 158 valence electrons. The smallest absolute Gasteiger partial charge is 0.338 e. The fraction of sp³-hybridized carbons (Fsp3) is 0.292. The monoisotopic (exact) mass is 418 g/mol. The van der Waals surface area contributed by atoms with E-state index in [4.69, 9.17) is 9.47 Å². The number of esters is 1. The standard InChI is InChI=1S/C24H22N2O5/c1-2-30-23(29)15-7-6-8-16(13-15)25-21(27)19-18-11-12-24(31-18)14-26(22(28)20(19)24)17-9-4-3-5-10-17/h3-13,18-20H,2,14H2,1H3,(H,25,27). The van der Waals surface area contributed by atoms with Crippen molar-refractivity contribution in [1.82, 2.24) is 0 Å². The molecule has 3 heterocycles. The third kappa shape index (κ3) is 3.13. The summed E-state index contributed by atoms with van der Waals surface area (Å²) in [6, 6.07) is 16.0. The molecule has 2 fully saturated rings. The number of hydrogen-bond donors (Lipinski definition) is 1. The third-order valence-electron chi connectivity index (χ3n) is 6.11. The first-order valence-corrected chi connectivity index (χ1v) is 10.3. The van der Waals surface area contributed by atoms with Gasteiger partial charge in [0.25, 0.3) is 0 Å². The van der Waals surface area contributed by atoms with Crippen LogP contribution < -0.4 is 10.2 Å². The second-order valence-corrected chi connectivity index (χ2v) is 7.95. The summed E-state index contributed by atoms with van der Waals surface area (Å²) in [5.74, 6) is -2.09. The molecule has 0 saturated carbocycles. The highest BCUT2D eigenvalue weighted by atomic mass is 16.5. The highest BCUT2D eigenvalue weighted by Crippen LogP contribution is 2.52. The van der Waals surface area contributed by atoms with Crippen LogP contribution in [0.25, 0.3) is 0 Å². The van der Waals surface area contributed by atoms with Crippen LogP contribution in [0.15, 0.2) is 66.7 Å². The maximum atomic E-state index is 13.3. The van der Waals surface area contributed by atoms with Gasteiger partial charge in [-0.3, -0.25) is 9.59 Å². The Balaban J connectivity index is 1.38. The lowest BCUT2D eigenvalue weighted by atomic mass is 9.76. The van der Waals surface area contributed by atoms with Crippen molar-refractivity contribution >= 4 is 29.2 Å². The normalized spacial score (nSPS) is 28.0. The molecule has 2 aromatic rings. The maximum absolute atomic E-state index is 13.3. The molecule has 31 heavy (non-hydrogen) atoms. The van der Waals surface area contributed by atoms with Crippen molar-refractivity contribution in [3.8, 4) is 0 Å². The van der Waals surface area contributed by atoms with Gasteiger partial charge in [0.05, 0.1) is 36.7 Å². The lowest BCUT2D eigenvalue weighted by Crippen LogP contribution is -2.41. The van der Waals surface area contributed by atoms with Gasteiger partial charge in [-0.25, -0.2) is 4.79 Å². The van der Waals surface area contributed by atoms with Crippen molar-refractivity contribution in [3.05, 3.63) is 72.3 Å². The Bertz CT molecular complexity index is 1080. The summed E-state index contributed by atoms with van der Waals surface area (Å²) in [5, 5.41) is 2.86. The number of amides is 2. The Labute approximate surface area is 179 Å². The van der Waals surface area contributed by atoms with Crippen LogP contribution in [0.5, 0.6) is 0 Å². The van der Waals surface area contributed by atoms with Crippen LogP contribution in [0, 0.1) is 11.8 Å². The quantitative estimate of drug-likeness (QED) is 0.596. The van der Waals surface area contributed by atoms with Gasteiger partial charge < -0.3 is 19.7 Å². The van der Waals surface area contributed by atoms with Crippen LogP contribution in [-0.2, 0) is 19.1 Å². The first-order valence-electron chi connectivity index (χ1n) is 10.3. The number of anilines is 2. The van der Waals surface area contributed by atoms with E-state index in [0.717, 1.165) is 5.69 Å². The molecule has 2 aromatic carbocycles. The number of benzene rings is 2. The number of nitrogens with one attached hydrogen (secondary N) is 1. The number of carbonyl (C=O) groups is 3. The summed E-state index contributed by atoms with van der Waals surface area (Å²) >= 11 is 0. The number of fused-ring (bicyclic) bond motifs is 1. The average Bonchev–Trinajstić information content (AvgIpc) is 3.43. The second kappa shape index (κ2) is 7.35. The van der Waals surface area contributed by atoms with E-state index >= 15 is 0 Å². The van der Waals surface area contributed by atoms with Crippen LogP contribution >= 0.6 is 0 Å². The molecule has 7 heteroatoms. The van der Waals surface area contributed by atoms with Gasteiger partial charge in [0.2, 0.25) is 11.8 Å². The highest BCUT2D eigenvalue weighted by molar-refractivity contribution is 6.05. The summed E-state index contributed by atoms with van der Waals surface area (Å²) in [6.07, 6.45) is 3.35. The lowest BCUT2D eigenvalue weighted by molar-refractivity contribution is -0.128. The minimum Gasteiger partial charge on any atom is -0.462 e. The predicted molar refractivity (Wildman–Crippen MR) is 114 cm³/mol. The summed E-state index contributed by atoms with van der Waals surface area (Å²) in [4.78, 5) is 40.2. The summed E-state index contributed by atoms with van der Waals surface area (Å²) in [5.41, 5.74) is 0.832. The molecule has 5 rings (SSSR count). The molecule has 1 spiro atoms. The van der Waals surface area contributed by atoms with Crippen molar-refractivity contribution in [2.75, 3.05) is 23.4 Å². The lowest BCUT2D eigenvalue weighted by Gasteiger charge is -2.23. The van der Waals surface area contributed by atoms with Crippen molar-refractivity contribution in [2.45, 2.75) is 18.6 Å². The Morgan fingerprint density at radius 1 is 1.19 bits per heavy atom. The Morgan fingerprint density at radius 2 is 2.00 bits per heavy atom. The van der Waals surface area contributed by atoms with E-state index in [1.54, 1.807) is 36.1 Å². The van der Waals surface area contributed by atoms with E-state index in [1.165, 1.54) is 0 Å². The fourth-order valence-electron chi connectivity index (χ4n) is 4.79. The van der Waals surface area contributed by atoms with Crippen LogP contribution in [0.3, 0.4) is 0 Å². The Hall–Kier alpha value is -3.45. The topological polar surface area (TPSA) is 84.9 Å². The van der Waals surface area contributed by atoms with Crippen molar-refractivity contribution in [3.63, 3.8) is 0 Å². The molecular weight excluding hydrogens is 396 g/mol. The minimum atomic E-state index is -0.785. The highest BCUT2D eigenvalue weighted by Gasteiger charge is 2.67. The summed E-state index contributed by atoms with van der Waals surface area (Å²) < 4.78 is 11.2. The van der Waals surface area contributed by atoms with Gasteiger partial charge in [0, 0.05) is 11.4 Å². The zero-order valence-corrected chi connectivity index (χ0v) is 17.0. The van der Waals surface area contributed by atoms with Gasteiger partial charge in [-0.15, -0.1) is 0 Å². The molecule has 0 aromatic heterocycles. The molecule has 0 radical (unpaired) electrons. The largest absolute Gasteiger partial charge is 0.462 e. The van der Waals surface area contributed by atoms with Crippen LogP contribution in [-0.4, -0.2) is 42.6 Å². The number of carbonyl (C=O) groups excluding carboxylic acids is 3. The van der Waals surface area contributed by atoms with Gasteiger partial charge in [-0.2, -0.15) is 0 Å². The first kappa shape index (κ1) is 19.5. The molecule has 4 unspecified atom stereocenters. The number of nitrogens with zero attached hydrogens (tertiary/aromatic N) is 1. The summed E-state index contributed by atoms with van der Waals surface area (Å²) in [6.45, 7) is 2.39. The molecular formula is C24H22N2O5. The molecule has 2 saturated heterocycles. The Morgan fingerprint density at radius 3 is 2.77 bits per heavy atom. The molecule has 0 aliphatic carbocycles. The first-order chi connectivity index (χ1) is 15.0. The van der Waals surface area contributed by atoms with E-state index in [0.29, 0.717) is 17.8 Å². The molecule has 1 N–H and O–H groups in total. The van der Waals surface area contributed by atoms with E-state index in [-0.39, 0.29) is 18.4 Å². The number of hydrogen-bond acceptors (Lipinski definition) is 5. The minimum absolute atomic E-state index is 0.113. The van der Waals surface area contributed by atoms with Crippen molar-refractivity contribution in [1.29, 1.82) is 0 Å². The summed E-state index contributed by atoms with van der Waals surface area (Å²) in [7, 11) is 0. The van der Waals surface area contributed by atoms with E-state index in [2.05, 4.69) is 5.32 Å². The average molecular weight is 418 g/mol. The molecule has 2 bridgehead atoms. The van der Waals surface area contributed by atoms with Gasteiger partial charge in [-0.05, 0) is 37.3 Å². The molecule has 7 nitrogen and oxygen atoms in total. The molecule has 2 amide bonds. The van der Waals surface area contributed by atoms with Gasteiger partial charge in [-0.1, -0.05) is 36.4 Å². The maximum Gasteiger partial charge on any atom is 0.338 e. The van der Waals surface area contributed by atoms with E-state index in [1.807, 2.05) is 42.5 Å². The van der Waals surface area contributed by atoms with Gasteiger partial charge in [0.15, 0.2) is 0 Å². The van der Waals surface area contributed by atoms with E-state index < -0.39 is 29.5 Å². The fourth-order valence-corrected chi connectivity index (χ4v) is 4.79. The molecule has 3 aliphatic rings. The number of para-hydroxylation sites is 1. The number of rotatable bonds is 5. The Kier molecular flexibility index (Phi) is 4.63. The second-order valence-electron chi connectivity index (χ2n) is 7.95. The zero-order chi connectivity index (χ0) is 21.6. The van der Waals surface area contributed by atoms with Crippen molar-refractivity contribution in [2.24, 2.45) is 11.8 Å². The van der Waals surface area contributed by atoms with Gasteiger partial charge in [0.1, 0.15) is 5.60 Å². The number of ether oxygens (including phenoxy) is 2. The third-order valence-corrected chi connectivity index (χ3v) is 6.11. The SMILES string of the molecule is CCOC(=O)c1cccc(NC(=O)C2C3C=CC4(CN(c5ccccc5)C(=O)C24)O3)c1. The predicted octanol–water partition coefficient (Wildman–Crippen LogP) is 2.79. The van der Waals surface area contributed by atoms with Gasteiger partial charge >= 0.3 is 5.97 Å². The molecule has 3 aliphatic heterocycles. The van der Waals surface area contributed by atoms with Crippen LogP contribution in [0.1, 0.15) is 17.3 Å². The van der Waals surface area contributed by atoms with Crippen LogP contribution in [0.4, 0.5) is 11.4 Å². The molecule has 4 atom stereocenters.